The number of anilines is 15. The van der Waals surface area contributed by atoms with Crippen LogP contribution >= 0.6 is 11.6 Å². The molecule has 145 heavy (non-hydrogen) atoms. The third-order valence-electron chi connectivity index (χ3n) is 33.4. The average Bonchev–Trinajstić information content (AvgIpc) is 1.52. The van der Waals surface area contributed by atoms with E-state index in [4.69, 9.17) is 11.6 Å². The minimum atomic E-state index is -0.137. The number of nitrogens with zero attached hydrogens (tertiary/aromatic N) is 5. The van der Waals surface area contributed by atoms with Crippen LogP contribution in [0.1, 0.15) is 90.2 Å². The Balaban J connectivity index is 0.000000125. The van der Waals surface area contributed by atoms with E-state index >= 15 is 0 Å². The zero-order valence-corrected chi connectivity index (χ0v) is 82.9. The Morgan fingerprint density at radius 2 is 0.524 bits per heavy atom. The molecule has 20 aromatic rings. The Morgan fingerprint density at radius 3 is 0.897 bits per heavy atom. The summed E-state index contributed by atoms with van der Waals surface area (Å²) in [6.45, 7) is 10.3. The molecule has 20 aromatic carbocycles. The molecule has 6 nitrogen and oxygen atoms in total. The van der Waals surface area contributed by atoms with Gasteiger partial charge in [-0.05, 0) is 282 Å². The average molecular weight is 1880 g/mol. The Hall–Kier alpha value is -16.4. The van der Waals surface area contributed by atoms with E-state index in [0.29, 0.717) is 0 Å². The summed E-state index contributed by atoms with van der Waals surface area (Å²) in [6.07, 6.45) is 9.66. The van der Waals surface area contributed by atoms with Crippen LogP contribution in [0, 0.1) is 0 Å². The number of nitrogens with one attached hydrogen (secondary N) is 1. The normalized spacial score (nSPS) is 17.8. The van der Waals surface area contributed by atoms with Crippen LogP contribution in [0.25, 0.3) is 89.0 Å². The van der Waals surface area contributed by atoms with Crippen LogP contribution in [0.3, 0.4) is 0 Å². The summed E-state index contributed by atoms with van der Waals surface area (Å²) in [6, 6.07) is 178. The molecule has 0 aromatic heterocycles. The maximum Gasteiger partial charge on any atom is 0.252 e. The van der Waals surface area contributed by atoms with Gasteiger partial charge >= 0.3 is 0 Å². The van der Waals surface area contributed by atoms with Gasteiger partial charge in [-0.3, -0.25) is 0 Å². The molecule has 0 amide bonds. The van der Waals surface area contributed by atoms with Gasteiger partial charge in [-0.15, -0.1) is 0 Å². The lowest BCUT2D eigenvalue weighted by Gasteiger charge is -2.53. The fourth-order valence-corrected chi connectivity index (χ4v) is 26.3. The quantitative estimate of drug-likeness (QED) is 0.103. The van der Waals surface area contributed by atoms with Crippen molar-refractivity contribution in [2.75, 3.05) is 29.8 Å². The topological polar surface area (TPSA) is 28.2 Å². The van der Waals surface area contributed by atoms with Gasteiger partial charge in [0.25, 0.3) is 13.4 Å². The summed E-state index contributed by atoms with van der Waals surface area (Å²) in [7, 11) is 0. The van der Waals surface area contributed by atoms with Crippen LogP contribution in [0.4, 0.5) is 85.3 Å². The highest BCUT2D eigenvalue weighted by molar-refractivity contribution is 7.01. The minimum Gasteiger partial charge on any atom is -0.355 e. The predicted molar refractivity (Wildman–Crippen MR) is 617 cm³/mol. The van der Waals surface area contributed by atoms with Crippen molar-refractivity contribution in [3.8, 4) is 89.0 Å². The molecule has 0 saturated heterocycles. The molecule has 2 saturated carbocycles. The predicted octanol–water partition coefficient (Wildman–Crippen LogP) is 33.0. The van der Waals surface area contributed by atoms with Gasteiger partial charge < -0.3 is 29.8 Å². The lowest BCUT2D eigenvalue weighted by molar-refractivity contribution is 0.195. The largest absolute Gasteiger partial charge is 0.355 e. The van der Waals surface area contributed by atoms with Crippen LogP contribution in [-0.4, -0.2) is 24.5 Å². The second kappa shape index (κ2) is 36.2. The first kappa shape index (κ1) is 88.8. The van der Waals surface area contributed by atoms with E-state index < -0.39 is 0 Å². The standard InChI is InChI=1S/C68H54BN3.C44H36BClN2.C24H19N/c1-67-39-15-16-40-68(67,2)72-64-46-58(70(55-32-17-29-51(41-55)47-21-7-3-8-22-47)56-33-18-30-52(42-56)48-23-9-4-10-24-48)45-63-65(64)69(61-36-20-35-59(67)66(61)72)60-38-37-54(50-27-13-6-14-28-50)44-62(60)71(63)57-34-19-31-53(43-57)49-25-11-5-12-26-49;1-43-23-9-10-24-44(43,2)48-40-28-33(46)27-39-41(40)45(37-20-12-19-35(43)42(37)48)36-22-21-32(30-15-7-4-8-16-30)26-38(36)47(39)34-18-11-17-31(25-34)29-13-5-3-6-14-29;1-3-9-19(10-4-1)21-13-7-15-23(17-21)25-24-16-8-14-22(18-24)20-11-5-2-6-12-20/h3-14,17-38,41-46H,15-16,39-40H2,1-2H3;3-8,11-22,25-28H,9-10,23-24H2,1-2H3;1-18,25H. The second-order valence-electron chi connectivity index (χ2n) is 41.4. The summed E-state index contributed by atoms with van der Waals surface area (Å²) in [4.78, 5) is 13.2. The van der Waals surface area contributed by atoms with E-state index in [-0.39, 0.29) is 35.3 Å². The summed E-state index contributed by atoms with van der Waals surface area (Å²) >= 11 is 7.23. The number of para-hydroxylation sites is 2. The molecule has 2 fully saturated rings. The lowest BCUT2D eigenvalue weighted by atomic mass is 9.33. The Morgan fingerprint density at radius 1 is 0.234 bits per heavy atom. The summed E-state index contributed by atoms with van der Waals surface area (Å²) in [5, 5.41) is 4.31. The van der Waals surface area contributed by atoms with Gasteiger partial charge in [-0.25, -0.2) is 0 Å². The number of hydrogen-bond donors (Lipinski definition) is 1. The van der Waals surface area contributed by atoms with Gasteiger partial charge in [-0.1, -0.05) is 427 Å². The maximum absolute atomic E-state index is 7.23. The first-order chi connectivity index (χ1) is 71.3. The van der Waals surface area contributed by atoms with E-state index in [1.807, 2.05) is 12.1 Å². The molecule has 28 rings (SSSR count). The van der Waals surface area contributed by atoms with Crippen molar-refractivity contribution in [1.82, 2.24) is 0 Å². The molecule has 6 aliphatic heterocycles. The molecular formula is C136H109B2ClN6. The van der Waals surface area contributed by atoms with Crippen molar-refractivity contribution in [2.45, 2.75) is 101 Å². The Labute approximate surface area is 858 Å². The number of fused-ring (bicyclic) bond motifs is 14. The van der Waals surface area contributed by atoms with Crippen molar-refractivity contribution in [3.63, 3.8) is 0 Å². The highest BCUT2D eigenvalue weighted by Crippen LogP contribution is 2.65. The van der Waals surface area contributed by atoms with Crippen molar-refractivity contribution in [1.29, 1.82) is 0 Å². The summed E-state index contributed by atoms with van der Waals surface area (Å²) in [5.74, 6) is 0. The van der Waals surface area contributed by atoms with E-state index in [2.05, 4.69) is 531 Å². The Kier molecular flexibility index (Phi) is 22.2. The summed E-state index contributed by atoms with van der Waals surface area (Å²) in [5.41, 5.74) is 48.5. The fourth-order valence-electron chi connectivity index (χ4n) is 26.1. The number of halogens is 1. The van der Waals surface area contributed by atoms with Crippen molar-refractivity contribution < 1.29 is 0 Å². The molecule has 0 spiro atoms. The lowest BCUT2D eigenvalue weighted by Crippen LogP contribution is -2.64. The highest BCUT2D eigenvalue weighted by Gasteiger charge is 2.63. The van der Waals surface area contributed by atoms with E-state index in [1.54, 1.807) is 0 Å². The van der Waals surface area contributed by atoms with Crippen LogP contribution in [-0.2, 0) is 10.8 Å². The molecule has 9 heteroatoms. The molecule has 4 atom stereocenters. The zero-order valence-electron chi connectivity index (χ0n) is 82.1. The number of rotatable bonds is 15. The first-order valence-corrected chi connectivity index (χ1v) is 52.1. The zero-order chi connectivity index (χ0) is 97.1. The molecule has 6 heterocycles. The molecule has 8 aliphatic rings. The van der Waals surface area contributed by atoms with Crippen LogP contribution < -0.4 is 62.6 Å². The number of hydrogen-bond acceptors (Lipinski definition) is 6. The molecule has 696 valence electrons. The highest BCUT2D eigenvalue weighted by atomic mass is 35.5. The fraction of sp³-hybridized carbons (Fsp3) is 0.118. The SMILES string of the molecule is CC12CCCCC1(C)N1c3cc(Cl)cc4c3B(c3ccc(-c5ccccc5)cc3N4c3cccc(-c4ccccc4)c3)c3cccc2c31.CC12CCCCC1(C)N1c3cc(N(c4cccc(-c5ccccc5)c4)c4cccc(-c5ccccc5)c4)cc4c3B(c3ccc(-c5ccccc5)cc3N4c3cccc(-c4ccccc4)c3)c3cccc2c31.c1ccc(-c2cccc(Nc3cccc(-c4ccccc4)c3)c2)cc1. The van der Waals surface area contributed by atoms with Crippen molar-refractivity contribution in [2.24, 2.45) is 0 Å². The van der Waals surface area contributed by atoms with Gasteiger partial charge in [0.1, 0.15) is 0 Å². The molecule has 0 radical (unpaired) electrons. The van der Waals surface area contributed by atoms with E-state index in [9.17, 15) is 0 Å². The van der Waals surface area contributed by atoms with E-state index in [0.717, 1.165) is 51.3 Å². The van der Waals surface area contributed by atoms with Gasteiger partial charge in [0.2, 0.25) is 0 Å². The molecule has 4 unspecified atom stereocenters. The third kappa shape index (κ3) is 15.1. The third-order valence-corrected chi connectivity index (χ3v) is 33.6. The molecule has 0 bridgehead atoms. The van der Waals surface area contributed by atoms with Crippen molar-refractivity contribution in [3.05, 3.63) is 501 Å². The monoisotopic (exact) mass is 1880 g/mol. The van der Waals surface area contributed by atoms with Gasteiger partial charge in [0, 0.05) is 95.5 Å². The summed E-state index contributed by atoms with van der Waals surface area (Å²) < 4.78 is 0. The van der Waals surface area contributed by atoms with Gasteiger partial charge in [0.15, 0.2) is 0 Å². The first-order valence-electron chi connectivity index (χ1n) is 51.7. The smallest absolute Gasteiger partial charge is 0.252 e. The van der Waals surface area contributed by atoms with Crippen LogP contribution in [0.2, 0.25) is 5.02 Å². The van der Waals surface area contributed by atoms with Crippen LogP contribution in [0.15, 0.2) is 485 Å². The maximum atomic E-state index is 7.23. The van der Waals surface area contributed by atoms with Crippen molar-refractivity contribution >= 4 is 143 Å². The minimum absolute atomic E-state index is 0.0206. The second-order valence-corrected chi connectivity index (χ2v) is 41.8. The number of benzene rings is 20. The van der Waals surface area contributed by atoms with Gasteiger partial charge in [0.05, 0.1) is 16.8 Å². The van der Waals surface area contributed by atoms with Gasteiger partial charge in [-0.2, -0.15) is 0 Å². The van der Waals surface area contributed by atoms with E-state index in [1.165, 1.54) is 223 Å². The van der Waals surface area contributed by atoms with Crippen LogP contribution in [0.5, 0.6) is 0 Å². The molecule has 2 aliphatic carbocycles. The molecule has 1 N–H and O–H groups in total. The Bertz CT molecular complexity index is 8200. The molecular weight excluding hydrogens is 1770 g/mol.